The van der Waals surface area contributed by atoms with Gasteiger partial charge in [-0.05, 0) is 38.0 Å². The van der Waals surface area contributed by atoms with Crippen LogP contribution in [0.3, 0.4) is 0 Å². The Labute approximate surface area is 124 Å². The number of hydrogen-bond acceptors (Lipinski definition) is 4. The molecule has 114 valence electrons. The molecule has 1 heterocycles. The molecule has 2 rings (SSSR count). The molecule has 1 aliphatic heterocycles. The zero-order valence-electron chi connectivity index (χ0n) is 12.3. The third-order valence-electron chi connectivity index (χ3n) is 3.84. The van der Waals surface area contributed by atoms with Crippen LogP contribution in [0.15, 0.2) is 18.2 Å². The second-order valence-corrected chi connectivity index (χ2v) is 5.30. The predicted octanol–water partition coefficient (Wildman–Crippen LogP) is 0.720. The number of anilines is 2. The maximum Gasteiger partial charge on any atom is 0.253 e. The van der Waals surface area contributed by atoms with E-state index in [9.17, 15) is 9.59 Å². The molecule has 0 saturated carbocycles. The van der Waals surface area contributed by atoms with Crippen LogP contribution in [-0.2, 0) is 4.79 Å². The zero-order chi connectivity index (χ0) is 15.4. The number of benzene rings is 1. The maximum absolute atomic E-state index is 12.1. The van der Waals surface area contributed by atoms with E-state index >= 15 is 0 Å². The average molecular weight is 290 g/mol. The molecular weight excluding hydrogens is 268 g/mol. The molecule has 0 spiro atoms. The highest BCUT2D eigenvalue weighted by atomic mass is 16.2. The van der Waals surface area contributed by atoms with Crippen LogP contribution in [0.25, 0.3) is 0 Å². The van der Waals surface area contributed by atoms with Crippen molar-refractivity contribution in [2.24, 2.45) is 11.7 Å². The van der Waals surface area contributed by atoms with Gasteiger partial charge in [-0.1, -0.05) is 0 Å². The molecule has 21 heavy (non-hydrogen) atoms. The van der Waals surface area contributed by atoms with Gasteiger partial charge in [0.2, 0.25) is 5.91 Å². The fourth-order valence-electron chi connectivity index (χ4n) is 2.66. The molecule has 0 aromatic heterocycles. The number of piperidine rings is 1. The monoisotopic (exact) mass is 290 g/mol. The van der Waals surface area contributed by atoms with E-state index in [4.69, 9.17) is 11.5 Å². The number of carbonyl (C=O) groups excluding carboxylic acids is 2. The molecule has 1 aliphatic rings. The minimum absolute atomic E-state index is 0.0739. The number of rotatable bonds is 4. The molecule has 2 amide bonds. The summed E-state index contributed by atoms with van der Waals surface area (Å²) in [6.07, 6.45) is 1.41. The first kappa shape index (κ1) is 15.2. The standard InChI is InChI=1S/C15H22N4O2/c1-2-18-15(21)12-4-3-11(16)9-13(12)19-7-5-10(6-8-19)14(17)20/h3-4,9-10H,2,5-8,16H2,1H3,(H2,17,20)(H,18,21). The van der Waals surface area contributed by atoms with Crippen LogP contribution in [0.4, 0.5) is 11.4 Å². The molecular formula is C15H22N4O2. The van der Waals surface area contributed by atoms with E-state index in [1.165, 1.54) is 0 Å². The van der Waals surface area contributed by atoms with E-state index in [2.05, 4.69) is 10.2 Å². The molecule has 5 N–H and O–H groups in total. The van der Waals surface area contributed by atoms with Gasteiger partial charge >= 0.3 is 0 Å². The van der Waals surface area contributed by atoms with E-state index in [0.29, 0.717) is 43.7 Å². The summed E-state index contributed by atoms with van der Waals surface area (Å²) in [5.41, 5.74) is 13.3. The van der Waals surface area contributed by atoms with Crippen LogP contribution in [0.5, 0.6) is 0 Å². The smallest absolute Gasteiger partial charge is 0.253 e. The van der Waals surface area contributed by atoms with Crippen molar-refractivity contribution in [1.29, 1.82) is 0 Å². The van der Waals surface area contributed by atoms with Crippen LogP contribution in [0.2, 0.25) is 0 Å². The average Bonchev–Trinajstić information content (AvgIpc) is 2.47. The molecule has 0 unspecified atom stereocenters. The zero-order valence-corrected chi connectivity index (χ0v) is 12.3. The Kier molecular flexibility index (Phi) is 4.67. The molecule has 0 bridgehead atoms. The summed E-state index contributed by atoms with van der Waals surface area (Å²) in [7, 11) is 0. The summed E-state index contributed by atoms with van der Waals surface area (Å²) in [6, 6.07) is 5.29. The highest BCUT2D eigenvalue weighted by molar-refractivity contribution is 6.00. The Morgan fingerprint density at radius 1 is 1.33 bits per heavy atom. The molecule has 0 radical (unpaired) electrons. The number of nitrogens with two attached hydrogens (primary N) is 2. The first-order valence-corrected chi connectivity index (χ1v) is 7.25. The lowest BCUT2D eigenvalue weighted by Gasteiger charge is -2.33. The van der Waals surface area contributed by atoms with Crippen LogP contribution < -0.4 is 21.7 Å². The molecule has 0 atom stereocenters. The van der Waals surface area contributed by atoms with Crippen molar-refractivity contribution in [3.63, 3.8) is 0 Å². The molecule has 0 aliphatic carbocycles. The van der Waals surface area contributed by atoms with Gasteiger partial charge in [-0.15, -0.1) is 0 Å². The third kappa shape index (κ3) is 3.45. The Hall–Kier alpha value is -2.24. The first-order chi connectivity index (χ1) is 10.0. The first-order valence-electron chi connectivity index (χ1n) is 7.25. The largest absolute Gasteiger partial charge is 0.399 e. The number of nitrogens with one attached hydrogen (secondary N) is 1. The van der Waals surface area contributed by atoms with Crippen LogP contribution in [0, 0.1) is 5.92 Å². The minimum atomic E-state index is -0.244. The Morgan fingerprint density at radius 2 is 2.00 bits per heavy atom. The van der Waals surface area contributed by atoms with Crippen molar-refractivity contribution in [3.05, 3.63) is 23.8 Å². The molecule has 1 aromatic carbocycles. The topological polar surface area (TPSA) is 101 Å². The lowest BCUT2D eigenvalue weighted by Crippen LogP contribution is -2.39. The summed E-state index contributed by atoms with van der Waals surface area (Å²) < 4.78 is 0. The van der Waals surface area contributed by atoms with Crippen molar-refractivity contribution < 1.29 is 9.59 Å². The number of nitrogen functional groups attached to an aromatic ring is 1. The molecule has 6 nitrogen and oxygen atoms in total. The summed E-state index contributed by atoms with van der Waals surface area (Å²) in [5.74, 6) is -0.425. The molecule has 6 heteroatoms. The van der Waals surface area contributed by atoms with Gasteiger partial charge in [-0.3, -0.25) is 9.59 Å². The van der Waals surface area contributed by atoms with Gasteiger partial charge in [-0.25, -0.2) is 0 Å². The Morgan fingerprint density at radius 3 is 2.57 bits per heavy atom. The minimum Gasteiger partial charge on any atom is -0.399 e. The van der Waals surface area contributed by atoms with Gasteiger partial charge in [0.05, 0.1) is 11.3 Å². The van der Waals surface area contributed by atoms with Crippen molar-refractivity contribution in [3.8, 4) is 0 Å². The summed E-state index contributed by atoms with van der Waals surface area (Å²) in [4.78, 5) is 25.5. The van der Waals surface area contributed by atoms with E-state index in [0.717, 1.165) is 5.69 Å². The van der Waals surface area contributed by atoms with Gasteiger partial charge in [0.15, 0.2) is 0 Å². The van der Waals surface area contributed by atoms with Gasteiger partial charge in [0, 0.05) is 31.2 Å². The number of amides is 2. The lowest BCUT2D eigenvalue weighted by molar-refractivity contribution is -0.122. The van der Waals surface area contributed by atoms with Gasteiger partial charge in [-0.2, -0.15) is 0 Å². The number of nitrogens with zero attached hydrogens (tertiary/aromatic N) is 1. The lowest BCUT2D eigenvalue weighted by atomic mass is 9.95. The second kappa shape index (κ2) is 6.47. The van der Waals surface area contributed by atoms with Crippen molar-refractivity contribution >= 4 is 23.2 Å². The number of primary amides is 1. The quantitative estimate of drug-likeness (QED) is 0.711. The van der Waals surface area contributed by atoms with Crippen LogP contribution >= 0.6 is 0 Å². The fraction of sp³-hybridized carbons (Fsp3) is 0.467. The summed E-state index contributed by atoms with van der Waals surface area (Å²) in [6.45, 7) is 3.85. The molecule has 1 aromatic rings. The predicted molar refractivity (Wildman–Crippen MR) is 83.0 cm³/mol. The van der Waals surface area contributed by atoms with Gasteiger partial charge in [0.1, 0.15) is 0 Å². The molecule has 1 saturated heterocycles. The maximum atomic E-state index is 12.1. The number of hydrogen-bond donors (Lipinski definition) is 3. The molecule has 1 fully saturated rings. The fourth-order valence-corrected chi connectivity index (χ4v) is 2.66. The summed E-state index contributed by atoms with van der Waals surface area (Å²) in [5, 5.41) is 2.81. The van der Waals surface area contributed by atoms with Crippen molar-refractivity contribution in [2.75, 3.05) is 30.3 Å². The Bertz CT molecular complexity index is 536. The highest BCUT2D eigenvalue weighted by Crippen LogP contribution is 2.28. The van der Waals surface area contributed by atoms with Crippen molar-refractivity contribution in [1.82, 2.24) is 5.32 Å². The number of carbonyl (C=O) groups is 2. The van der Waals surface area contributed by atoms with Gasteiger partial charge < -0.3 is 21.7 Å². The SMILES string of the molecule is CCNC(=O)c1ccc(N)cc1N1CCC(C(N)=O)CC1. The van der Waals surface area contributed by atoms with Gasteiger partial charge in [0.25, 0.3) is 5.91 Å². The van der Waals surface area contributed by atoms with Crippen LogP contribution in [-0.4, -0.2) is 31.4 Å². The Balaban J connectivity index is 2.21. The van der Waals surface area contributed by atoms with E-state index in [1.807, 2.05) is 13.0 Å². The van der Waals surface area contributed by atoms with E-state index in [1.54, 1.807) is 12.1 Å². The summed E-state index contributed by atoms with van der Waals surface area (Å²) >= 11 is 0. The van der Waals surface area contributed by atoms with E-state index in [-0.39, 0.29) is 17.7 Å². The second-order valence-electron chi connectivity index (χ2n) is 5.30. The van der Waals surface area contributed by atoms with E-state index < -0.39 is 0 Å². The third-order valence-corrected chi connectivity index (χ3v) is 3.84. The normalized spacial score (nSPS) is 15.8. The highest BCUT2D eigenvalue weighted by Gasteiger charge is 2.25. The van der Waals surface area contributed by atoms with Crippen molar-refractivity contribution in [2.45, 2.75) is 19.8 Å². The van der Waals surface area contributed by atoms with Crippen LogP contribution in [0.1, 0.15) is 30.1 Å².